The van der Waals surface area contributed by atoms with Crippen LogP contribution in [-0.2, 0) is 9.53 Å². The minimum Gasteiger partial charge on any atom is -0.459 e. The minimum atomic E-state index is -0.184. The molecule has 2 aliphatic carbocycles. The average Bonchev–Trinajstić information content (AvgIpc) is 2.69. The molecule has 0 spiro atoms. The Balaban J connectivity index is 1.58. The second-order valence-electron chi connectivity index (χ2n) is 8.84. The highest BCUT2D eigenvalue weighted by molar-refractivity contribution is 5.82. The molecule has 0 aromatic heterocycles. The second kappa shape index (κ2) is 13.2. The van der Waals surface area contributed by atoms with Gasteiger partial charge in [0, 0.05) is 6.08 Å². The van der Waals surface area contributed by atoms with Crippen LogP contribution in [0.2, 0.25) is 0 Å². The number of carbonyl (C=O) groups excluding carboxylic acids is 1. The van der Waals surface area contributed by atoms with Crippen LogP contribution in [0.4, 0.5) is 0 Å². The molecule has 2 nitrogen and oxygen atoms in total. The highest BCUT2D eigenvalue weighted by Crippen LogP contribution is 2.41. The maximum absolute atomic E-state index is 11.8. The van der Waals surface area contributed by atoms with Gasteiger partial charge in [0.05, 0.1) is 0 Å². The van der Waals surface area contributed by atoms with Crippen LogP contribution < -0.4 is 0 Å². The van der Waals surface area contributed by atoms with E-state index in [1.807, 2.05) is 19.1 Å². The zero-order valence-corrected chi connectivity index (χ0v) is 17.8. The van der Waals surface area contributed by atoms with Crippen LogP contribution >= 0.6 is 0 Å². The predicted octanol–water partition coefficient (Wildman–Crippen LogP) is 7.39. The van der Waals surface area contributed by atoms with E-state index in [1.165, 1.54) is 83.1 Å². The molecule has 2 saturated carbocycles. The summed E-state index contributed by atoms with van der Waals surface area (Å²) in [5, 5.41) is 0. The lowest BCUT2D eigenvalue weighted by atomic mass is 9.70. The molecule has 27 heavy (non-hydrogen) atoms. The van der Waals surface area contributed by atoms with E-state index in [0.29, 0.717) is 0 Å². The third-order valence-electron chi connectivity index (χ3n) is 6.81. The number of rotatable bonds is 10. The van der Waals surface area contributed by atoms with Crippen molar-refractivity contribution in [2.45, 2.75) is 110 Å². The molecule has 0 aromatic carbocycles. The van der Waals surface area contributed by atoms with Crippen molar-refractivity contribution in [3.8, 4) is 0 Å². The first-order chi connectivity index (χ1) is 13.2. The zero-order valence-electron chi connectivity index (χ0n) is 17.8. The first-order valence-corrected chi connectivity index (χ1v) is 11.7. The molecule has 2 rings (SSSR count). The molecule has 0 atom stereocenters. The Labute approximate surface area is 167 Å². The van der Waals surface area contributed by atoms with Crippen LogP contribution in [0, 0.1) is 17.8 Å². The van der Waals surface area contributed by atoms with Crippen molar-refractivity contribution in [2.75, 3.05) is 0 Å². The largest absolute Gasteiger partial charge is 0.459 e. The standard InChI is InChI=1S/C25H42O2/c1-3-5-7-8-10-11-21-13-15-22(16-14-21)23-17-19-24(20-18-23)27-25(26)12-9-6-4-2/h4,6,9,12,21-24H,3,5,7-8,10-11,13-20H2,1-2H3. The van der Waals surface area contributed by atoms with Gasteiger partial charge < -0.3 is 4.74 Å². The van der Waals surface area contributed by atoms with Gasteiger partial charge in [-0.05, 0) is 63.2 Å². The van der Waals surface area contributed by atoms with E-state index in [0.717, 1.165) is 30.6 Å². The molecule has 0 radical (unpaired) electrons. The summed E-state index contributed by atoms with van der Waals surface area (Å²) in [7, 11) is 0. The number of hydrogen-bond donors (Lipinski definition) is 0. The number of hydrogen-bond acceptors (Lipinski definition) is 2. The molecule has 2 fully saturated rings. The Morgan fingerprint density at radius 3 is 2.11 bits per heavy atom. The van der Waals surface area contributed by atoms with Gasteiger partial charge in [-0.3, -0.25) is 0 Å². The molecular formula is C25H42O2. The number of allylic oxidation sites excluding steroid dienone is 3. The normalized spacial score (nSPS) is 29.4. The molecule has 2 aliphatic rings. The van der Waals surface area contributed by atoms with Gasteiger partial charge in [-0.25, -0.2) is 4.79 Å². The minimum absolute atomic E-state index is 0.142. The summed E-state index contributed by atoms with van der Waals surface area (Å²) < 4.78 is 5.60. The maximum atomic E-state index is 11.8. The lowest BCUT2D eigenvalue weighted by molar-refractivity contribution is -0.145. The van der Waals surface area contributed by atoms with Crippen molar-refractivity contribution < 1.29 is 9.53 Å². The van der Waals surface area contributed by atoms with Crippen LogP contribution in [-0.4, -0.2) is 12.1 Å². The second-order valence-corrected chi connectivity index (χ2v) is 8.84. The van der Waals surface area contributed by atoms with E-state index >= 15 is 0 Å². The first-order valence-electron chi connectivity index (χ1n) is 11.7. The number of ether oxygens (including phenoxy) is 1. The molecule has 2 heteroatoms. The van der Waals surface area contributed by atoms with E-state index in [4.69, 9.17) is 4.74 Å². The highest BCUT2D eigenvalue weighted by atomic mass is 16.5. The molecule has 154 valence electrons. The maximum Gasteiger partial charge on any atom is 0.331 e. The molecule has 0 aromatic rings. The molecule has 0 bridgehead atoms. The first kappa shape index (κ1) is 22.2. The van der Waals surface area contributed by atoms with Crippen molar-refractivity contribution in [3.05, 3.63) is 24.3 Å². The van der Waals surface area contributed by atoms with E-state index in [2.05, 4.69) is 6.92 Å². The third-order valence-corrected chi connectivity index (χ3v) is 6.81. The van der Waals surface area contributed by atoms with Crippen molar-refractivity contribution >= 4 is 5.97 Å². The number of esters is 1. The summed E-state index contributed by atoms with van der Waals surface area (Å²) >= 11 is 0. The van der Waals surface area contributed by atoms with Gasteiger partial charge in [0.1, 0.15) is 6.10 Å². The molecular weight excluding hydrogens is 332 g/mol. The zero-order chi connectivity index (χ0) is 19.3. The predicted molar refractivity (Wildman–Crippen MR) is 115 cm³/mol. The molecule has 0 unspecified atom stereocenters. The lowest BCUT2D eigenvalue weighted by Gasteiger charge is -2.37. The lowest BCUT2D eigenvalue weighted by Crippen LogP contribution is -2.29. The summed E-state index contributed by atoms with van der Waals surface area (Å²) in [6.07, 6.45) is 26.2. The SMILES string of the molecule is CC=CC=CC(=O)OC1CCC(C2CCC(CCCCCCC)CC2)CC1. The topological polar surface area (TPSA) is 26.3 Å². The van der Waals surface area contributed by atoms with E-state index in [9.17, 15) is 4.79 Å². The summed E-state index contributed by atoms with van der Waals surface area (Å²) in [4.78, 5) is 11.8. The molecule has 0 heterocycles. The van der Waals surface area contributed by atoms with Gasteiger partial charge in [-0.1, -0.05) is 76.5 Å². The Morgan fingerprint density at radius 2 is 1.48 bits per heavy atom. The van der Waals surface area contributed by atoms with Crippen LogP contribution in [0.15, 0.2) is 24.3 Å². The molecule has 0 saturated heterocycles. The summed E-state index contributed by atoms with van der Waals surface area (Å²) in [5.41, 5.74) is 0. The Bertz CT molecular complexity index is 449. The van der Waals surface area contributed by atoms with Crippen molar-refractivity contribution in [1.82, 2.24) is 0 Å². The number of unbranched alkanes of at least 4 members (excludes halogenated alkanes) is 4. The van der Waals surface area contributed by atoms with Crippen LogP contribution in [0.3, 0.4) is 0 Å². The fraction of sp³-hybridized carbons (Fsp3) is 0.800. The summed E-state index contributed by atoms with van der Waals surface area (Å²) in [5.74, 6) is 2.64. The van der Waals surface area contributed by atoms with Gasteiger partial charge >= 0.3 is 5.97 Å². The summed E-state index contributed by atoms with van der Waals surface area (Å²) in [6.45, 7) is 4.24. The van der Waals surface area contributed by atoms with Crippen molar-refractivity contribution in [1.29, 1.82) is 0 Å². The monoisotopic (exact) mass is 374 g/mol. The quantitative estimate of drug-likeness (QED) is 0.172. The van der Waals surface area contributed by atoms with Gasteiger partial charge in [0.15, 0.2) is 0 Å². The Kier molecular flexibility index (Phi) is 10.9. The third kappa shape index (κ3) is 8.66. The van der Waals surface area contributed by atoms with Gasteiger partial charge in [-0.2, -0.15) is 0 Å². The van der Waals surface area contributed by atoms with Crippen LogP contribution in [0.5, 0.6) is 0 Å². The molecule has 0 aliphatic heterocycles. The van der Waals surface area contributed by atoms with Gasteiger partial charge in [0.25, 0.3) is 0 Å². The van der Waals surface area contributed by atoms with E-state index < -0.39 is 0 Å². The Morgan fingerprint density at radius 1 is 0.852 bits per heavy atom. The number of carbonyl (C=O) groups is 1. The molecule has 0 N–H and O–H groups in total. The van der Waals surface area contributed by atoms with Crippen LogP contribution in [0.1, 0.15) is 104 Å². The fourth-order valence-electron chi connectivity index (χ4n) is 5.11. The van der Waals surface area contributed by atoms with Crippen LogP contribution in [0.25, 0.3) is 0 Å². The summed E-state index contributed by atoms with van der Waals surface area (Å²) in [6, 6.07) is 0. The average molecular weight is 375 g/mol. The van der Waals surface area contributed by atoms with E-state index in [1.54, 1.807) is 6.08 Å². The Hall–Kier alpha value is -1.05. The smallest absolute Gasteiger partial charge is 0.331 e. The van der Waals surface area contributed by atoms with Gasteiger partial charge in [0.2, 0.25) is 0 Å². The molecule has 0 amide bonds. The van der Waals surface area contributed by atoms with E-state index in [-0.39, 0.29) is 12.1 Å². The van der Waals surface area contributed by atoms with Crippen molar-refractivity contribution in [3.63, 3.8) is 0 Å². The van der Waals surface area contributed by atoms with Crippen molar-refractivity contribution in [2.24, 2.45) is 17.8 Å². The fourth-order valence-corrected chi connectivity index (χ4v) is 5.11. The highest BCUT2D eigenvalue weighted by Gasteiger charge is 2.31. The van der Waals surface area contributed by atoms with Gasteiger partial charge in [-0.15, -0.1) is 0 Å².